The summed E-state index contributed by atoms with van der Waals surface area (Å²) in [7, 11) is 0. The van der Waals surface area contributed by atoms with Crippen LogP contribution in [0, 0.1) is 5.82 Å². The molecule has 0 spiro atoms. The maximum Gasteiger partial charge on any atom is 0.184 e. The lowest BCUT2D eigenvalue weighted by atomic mass is 9.96. The third-order valence-electron chi connectivity index (χ3n) is 5.28. The predicted molar refractivity (Wildman–Crippen MR) is 89.6 cm³/mol. The molecule has 1 aromatic carbocycles. The van der Waals surface area contributed by atoms with Crippen molar-refractivity contribution in [2.24, 2.45) is 0 Å². The number of fused-ring (bicyclic) bond motifs is 2. The van der Waals surface area contributed by atoms with Gasteiger partial charge >= 0.3 is 0 Å². The minimum Gasteiger partial charge on any atom is -0.384 e. The molecule has 1 unspecified atom stereocenters. The van der Waals surface area contributed by atoms with Crippen LogP contribution in [0.1, 0.15) is 48.9 Å². The van der Waals surface area contributed by atoms with Gasteiger partial charge in [0.25, 0.3) is 0 Å². The summed E-state index contributed by atoms with van der Waals surface area (Å²) in [5.41, 5.74) is 3.67. The van der Waals surface area contributed by atoms with E-state index in [0.29, 0.717) is 6.04 Å². The standard InChI is InChI=1S/C18H18FN5/c19-11-5-6-13-14(8-20-16(13)7-11)17-15-9-24(12-3-1-2-4-12)23-18(15)22-10-21-17/h5-7,9-10,12,14,20H,1-4,8H2. The van der Waals surface area contributed by atoms with Crippen molar-refractivity contribution in [3.05, 3.63) is 47.8 Å². The molecule has 5 nitrogen and oxygen atoms in total. The second-order valence-corrected chi connectivity index (χ2v) is 6.71. The molecule has 6 heteroatoms. The first-order valence-corrected chi connectivity index (χ1v) is 8.52. The van der Waals surface area contributed by atoms with Crippen molar-refractivity contribution >= 4 is 16.7 Å². The lowest BCUT2D eigenvalue weighted by Crippen LogP contribution is -2.06. The molecule has 3 heterocycles. The van der Waals surface area contributed by atoms with Gasteiger partial charge in [-0.15, -0.1) is 0 Å². The van der Waals surface area contributed by atoms with Crippen LogP contribution in [0.2, 0.25) is 0 Å². The van der Waals surface area contributed by atoms with Gasteiger partial charge in [0.1, 0.15) is 12.1 Å². The molecule has 0 amide bonds. The maximum atomic E-state index is 13.4. The summed E-state index contributed by atoms with van der Waals surface area (Å²) < 4.78 is 15.5. The molecule has 5 rings (SSSR count). The Balaban J connectivity index is 1.60. The Morgan fingerprint density at radius 2 is 2.04 bits per heavy atom. The van der Waals surface area contributed by atoms with Crippen LogP contribution in [0.5, 0.6) is 0 Å². The first-order chi connectivity index (χ1) is 11.8. The van der Waals surface area contributed by atoms with Crippen LogP contribution in [0.3, 0.4) is 0 Å². The maximum absolute atomic E-state index is 13.4. The van der Waals surface area contributed by atoms with E-state index in [1.165, 1.54) is 31.7 Å². The van der Waals surface area contributed by atoms with E-state index in [0.717, 1.165) is 34.5 Å². The number of halogens is 1. The molecule has 0 bridgehead atoms. The summed E-state index contributed by atoms with van der Waals surface area (Å²) in [6.45, 7) is 0.722. The number of hydrogen-bond acceptors (Lipinski definition) is 4. The van der Waals surface area contributed by atoms with Gasteiger partial charge in [-0.05, 0) is 30.5 Å². The first kappa shape index (κ1) is 13.9. The van der Waals surface area contributed by atoms with E-state index in [4.69, 9.17) is 0 Å². The number of nitrogens with one attached hydrogen (secondary N) is 1. The highest BCUT2D eigenvalue weighted by molar-refractivity contribution is 5.79. The monoisotopic (exact) mass is 323 g/mol. The van der Waals surface area contributed by atoms with Crippen molar-refractivity contribution in [1.82, 2.24) is 19.7 Å². The molecule has 1 atom stereocenters. The van der Waals surface area contributed by atoms with Crippen LogP contribution >= 0.6 is 0 Å². The zero-order valence-electron chi connectivity index (χ0n) is 13.2. The molecule has 3 aromatic rings. The Bertz CT molecular complexity index is 913. The minimum atomic E-state index is -0.219. The third-order valence-corrected chi connectivity index (χ3v) is 5.28. The van der Waals surface area contributed by atoms with Crippen LogP contribution in [-0.4, -0.2) is 26.3 Å². The molecule has 1 N–H and O–H groups in total. The molecule has 0 saturated heterocycles. The Kier molecular flexibility index (Phi) is 3.04. The molecule has 2 aliphatic rings. The molecule has 2 aromatic heterocycles. The van der Waals surface area contributed by atoms with Crippen molar-refractivity contribution in [3.63, 3.8) is 0 Å². The molecule has 1 aliphatic heterocycles. The van der Waals surface area contributed by atoms with Crippen LogP contribution in [0.25, 0.3) is 11.0 Å². The normalized spacial score (nSPS) is 20.5. The van der Waals surface area contributed by atoms with Gasteiger partial charge < -0.3 is 5.32 Å². The number of anilines is 1. The Hall–Kier alpha value is -2.50. The van der Waals surface area contributed by atoms with E-state index in [1.54, 1.807) is 12.4 Å². The predicted octanol–water partition coefficient (Wildman–Crippen LogP) is 3.64. The summed E-state index contributed by atoms with van der Waals surface area (Å²) in [6.07, 6.45) is 8.59. The molecule has 1 fully saturated rings. The lowest BCUT2D eigenvalue weighted by Gasteiger charge is -2.10. The lowest BCUT2D eigenvalue weighted by molar-refractivity contribution is 0.470. The van der Waals surface area contributed by atoms with Gasteiger partial charge in [0, 0.05) is 24.3 Å². The summed E-state index contributed by atoms with van der Waals surface area (Å²) >= 11 is 0. The largest absolute Gasteiger partial charge is 0.384 e. The van der Waals surface area contributed by atoms with Crippen molar-refractivity contribution in [3.8, 4) is 0 Å². The number of benzene rings is 1. The second kappa shape index (κ2) is 5.26. The molecular formula is C18H18FN5. The van der Waals surface area contributed by atoms with E-state index < -0.39 is 0 Å². The zero-order valence-corrected chi connectivity index (χ0v) is 13.2. The molecule has 122 valence electrons. The third kappa shape index (κ3) is 2.09. The molecular weight excluding hydrogens is 305 g/mol. The number of aromatic nitrogens is 4. The van der Waals surface area contributed by atoms with Gasteiger partial charge in [-0.2, -0.15) is 5.10 Å². The summed E-state index contributed by atoms with van der Waals surface area (Å²) in [4.78, 5) is 8.90. The van der Waals surface area contributed by atoms with Crippen LogP contribution in [-0.2, 0) is 0 Å². The number of rotatable bonds is 2. The van der Waals surface area contributed by atoms with Crippen LogP contribution in [0.4, 0.5) is 10.1 Å². The van der Waals surface area contributed by atoms with Crippen molar-refractivity contribution in [2.45, 2.75) is 37.6 Å². The zero-order chi connectivity index (χ0) is 16.1. The number of hydrogen-bond donors (Lipinski definition) is 1. The molecule has 24 heavy (non-hydrogen) atoms. The van der Waals surface area contributed by atoms with Gasteiger partial charge in [-0.1, -0.05) is 18.9 Å². The summed E-state index contributed by atoms with van der Waals surface area (Å²) in [5, 5.41) is 8.98. The Morgan fingerprint density at radius 1 is 1.17 bits per heavy atom. The van der Waals surface area contributed by atoms with Gasteiger partial charge in [-0.3, -0.25) is 4.68 Å². The number of nitrogens with zero attached hydrogens (tertiary/aromatic N) is 4. The van der Waals surface area contributed by atoms with Crippen LogP contribution < -0.4 is 5.32 Å². The van der Waals surface area contributed by atoms with Gasteiger partial charge in [0.2, 0.25) is 0 Å². The summed E-state index contributed by atoms with van der Waals surface area (Å²) in [6, 6.07) is 5.40. The average Bonchev–Trinajstić information content (AvgIpc) is 3.32. The molecule has 1 aliphatic carbocycles. The summed E-state index contributed by atoms with van der Waals surface area (Å²) in [5.74, 6) is -0.115. The molecule has 0 radical (unpaired) electrons. The van der Waals surface area contributed by atoms with Crippen LogP contribution in [0.15, 0.2) is 30.7 Å². The first-order valence-electron chi connectivity index (χ1n) is 8.52. The van der Waals surface area contributed by atoms with Crippen molar-refractivity contribution < 1.29 is 4.39 Å². The average molecular weight is 323 g/mol. The minimum absolute atomic E-state index is 0.104. The highest BCUT2D eigenvalue weighted by Crippen LogP contribution is 2.38. The fraction of sp³-hybridized carbons (Fsp3) is 0.389. The SMILES string of the molecule is Fc1ccc2c(c1)NCC2c1ncnc2nn(C3CCCC3)cc12. The smallest absolute Gasteiger partial charge is 0.184 e. The Labute approximate surface area is 138 Å². The van der Waals surface area contributed by atoms with E-state index >= 15 is 0 Å². The topological polar surface area (TPSA) is 55.6 Å². The van der Waals surface area contributed by atoms with E-state index in [-0.39, 0.29) is 11.7 Å². The quantitative estimate of drug-likeness (QED) is 0.782. The fourth-order valence-corrected chi connectivity index (χ4v) is 4.06. The van der Waals surface area contributed by atoms with Gasteiger partial charge in [0.15, 0.2) is 5.65 Å². The second-order valence-electron chi connectivity index (χ2n) is 6.71. The fourth-order valence-electron chi connectivity index (χ4n) is 4.06. The van der Waals surface area contributed by atoms with Crippen molar-refractivity contribution in [2.75, 3.05) is 11.9 Å². The van der Waals surface area contributed by atoms with E-state index in [1.807, 2.05) is 6.07 Å². The highest BCUT2D eigenvalue weighted by atomic mass is 19.1. The molecule has 1 saturated carbocycles. The van der Waals surface area contributed by atoms with E-state index in [2.05, 4.69) is 31.3 Å². The Morgan fingerprint density at radius 3 is 2.92 bits per heavy atom. The van der Waals surface area contributed by atoms with Crippen molar-refractivity contribution in [1.29, 1.82) is 0 Å². The van der Waals surface area contributed by atoms with Gasteiger partial charge in [-0.25, -0.2) is 14.4 Å². The van der Waals surface area contributed by atoms with Gasteiger partial charge in [0.05, 0.1) is 17.1 Å². The van der Waals surface area contributed by atoms with E-state index in [9.17, 15) is 4.39 Å². The highest BCUT2D eigenvalue weighted by Gasteiger charge is 2.28.